The lowest BCUT2D eigenvalue weighted by Gasteiger charge is -2.13. The number of hydrogen-bond donors (Lipinski definition) is 2. The third-order valence-corrected chi connectivity index (χ3v) is 2.67. The van der Waals surface area contributed by atoms with Crippen LogP contribution in [0.3, 0.4) is 0 Å². The van der Waals surface area contributed by atoms with Crippen molar-refractivity contribution in [1.82, 2.24) is 0 Å². The zero-order chi connectivity index (χ0) is 13.7. The van der Waals surface area contributed by atoms with Crippen molar-refractivity contribution in [3.05, 3.63) is 54.6 Å². The smallest absolute Gasteiger partial charge is 0.323 e. The Kier molecular flexibility index (Phi) is 4.03. The van der Waals surface area contributed by atoms with Crippen LogP contribution in [-0.4, -0.2) is 20.1 Å². The molecule has 4 heteroatoms. The summed E-state index contributed by atoms with van der Waals surface area (Å²) in [7, 11) is 3.95. The third-order valence-electron chi connectivity index (χ3n) is 2.67. The van der Waals surface area contributed by atoms with Gasteiger partial charge in [-0.15, -0.1) is 0 Å². The van der Waals surface area contributed by atoms with Gasteiger partial charge in [-0.2, -0.15) is 0 Å². The molecular formula is C15H17N3O. The maximum atomic E-state index is 11.8. The van der Waals surface area contributed by atoms with Gasteiger partial charge in [-0.3, -0.25) is 0 Å². The van der Waals surface area contributed by atoms with Crippen molar-refractivity contribution in [3.8, 4) is 0 Å². The van der Waals surface area contributed by atoms with Crippen LogP contribution in [0.1, 0.15) is 0 Å². The summed E-state index contributed by atoms with van der Waals surface area (Å²) in [5.41, 5.74) is 2.62. The number of benzene rings is 2. The van der Waals surface area contributed by atoms with Crippen molar-refractivity contribution in [2.45, 2.75) is 0 Å². The second-order valence-corrected chi connectivity index (χ2v) is 4.39. The number of anilines is 3. The largest absolute Gasteiger partial charge is 0.378 e. The summed E-state index contributed by atoms with van der Waals surface area (Å²) in [6.45, 7) is 0. The topological polar surface area (TPSA) is 44.4 Å². The summed E-state index contributed by atoms with van der Waals surface area (Å²) in [6, 6.07) is 16.8. The summed E-state index contributed by atoms with van der Waals surface area (Å²) in [5.74, 6) is 0. The van der Waals surface area contributed by atoms with E-state index in [0.29, 0.717) is 0 Å². The lowest BCUT2D eigenvalue weighted by Crippen LogP contribution is -2.19. The lowest BCUT2D eigenvalue weighted by molar-refractivity contribution is 0.262. The Morgan fingerprint density at radius 2 is 1.37 bits per heavy atom. The average Bonchev–Trinajstić information content (AvgIpc) is 2.40. The molecule has 0 unspecified atom stereocenters. The normalized spacial score (nSPS) is 9.79. The molecule has 0 aliphatic carbocycles. The van der Waals surface area contributed by atoms with Gasteiger partial charge in [-0.1, -0.05) is 18.2 Å². The number of carbonyl (C=O) groups is 1. The Hall–Kier alpha value is -2.49. The molecule has 4 nitrogen and oxygen atoms in total. The highest BCUT2D eigenvalue weighted by Gasteiger charge is 2.02. The number of para-hydroxylation sites is 1. The molecule has 0 saturated heterocycles. The molecular weight excluding hydrogens is 238 g/mol. The van der Waals surface area contributed by atoms with Crippen LogP contribution in [0.2, 0.25) is 0 Å². The monoisotopic (exact) mass is 255 g/mol. The molecule has 2 N–H and O–H groups in total. The molecule has 2 rings (SSSR count). The number of amides is 2. The molecule has 0 saturated carbocycles. The number of carbonyl (C=O) groups excluding carboxylic acids is 1. The summed E-state index contributed by atoms with van der Waals surface area (Å²) < 4.78 is 0. The van der Waals surface area contributed by atoms with Crippen LogP contribution < -0.4 is 15.5 Å². The van der Waals surface area contributed by atoms with Crippen LogP contribution >= 0.6 is 0 Å². The predicted molar refractivity (Wildman–Crippen MR) is 79.9 cm³/mol. The maximum absolute atomic E-state index is 11.8. The van der Waals surface area contributed by atoms with E-state index in [1.807, 2.05) is 73.6 Å². The summed E-state index contributed by atoms with van der Waals surface area (Å²) in [4.78, 5) is 13.8. The van der Waals surface area contributed by atoms with E-state index in [1.165, 1.54) is 0 Å². The minimum Gasteiger partial charge on any atom is -0.378 e. The number of rotatable bonds is 3. The van der Waals surface area contributed by atoms with E-state index < -0.39 is 0 Å². The van der Waals surface area contributed by atoms with Crippen LogP contribution in [0.5, 0.6) is 0 Å². The van der Waals surface area contributed by atoms with Gasteiger partial charge >= 0.3 is 6.03 Å². The first kappa shape index (κ1) is 13.0. The fourth-order valence-electron chi connectivity index (χ4n) is 1.66. The third kappa shape index (κ3) is 3.74. The molecule has 0 aromatic heterocycles. The van der Waals surface area contributed by atoms with Crippen LogP contribution in [0.15, 0.2) is 54.6 Å². The fourth-order valence-corrected chi connectivity index (χ4v) is 1.66. The van der Waals surface area contributed by atoms with Crippen LogP contribution in [0.25, 0.3) is 0 Å². The highest BCUT2D eigenvalue weighted by molar-refractivity contribution is 5.99. The van der Waals surface area contributed by atoms with E-state index in [1.54, 1.807) is 0 Å². The van der Waals surface area contributed by atoms with E-state index in [2.05, 4.69) is 10.6 Å². The van der Waals surface area contributed by atoms with Crippen LogP contribution in [0.4, 0.5) is 21.9 Å². The summed E-state index contributed by atoms with van der Waals surface area (Å²) in [5, 5.41) is 5.56. The Labute approximate surface area is 113 Å². The number of nitrogens with one attached hydrogen (secondary N) is 2. The van der Waals surface area contributed by atoms with Gasteiger partial charge in [0.2, 0.25) is 0 Å². The molecule has 0 spiro atoms. The average molecular weight is 255 g/mol. The number of nitrogens with zero attached hydrogens (tertiary/aromatic N) is 1. The van der Waals surface area contributed by atoms with Crippen LogP contribution in [-0.2, 0) is 0 Å². The van der Waals surface area contributed by atoms with E-state index in [-0.39, 0.29) is 6.03 Å². The fraction of sp³-hybridized carbons (Fsp3) is 0.133. The van der Waals surface area contributed by atoms with Gasteiger partial charge in [-0.25, -0.2) is 4.79 Å². The van der Waals surface area contributed by atoms with Crippen molar-refractivity contribution >= 4 is 23.1 Å². The van der Waals surface area contributed by atoms with Gasteiger partial charge in [0.15, 0.2) is 0 Å². The first-order valence-corrected chi connectivity index (χ1v) is 6.05. The first-order valence-electron chi connectivity index (χ1n) is 6.05. The van der Waals surface area contributed by atoms with Gasteiger partial charge in [0, 0.05) is 31.2 Å². The van der Waals surface area contributed by atoms with E-state index >= 15 is 0 Å². The highest BCUT2D eigenvalue weighted by atomic mass is 16.2. The molecule has 19 heavy (non-hydrogen) atoms. The van der Waals surface area contributed by atoms with Crippen molar-refractivity contribution in [1.29, 1.82) is 0 Å². The predicted octanol–water partition coefficient (Wildman–Crippen LogP) is 3.40. The molecule has 0 fully saturated rings. The van der Waals surface area contributed by atoms with Gasteiger partial charge < -0.3 is 15.5 Å². The van der Waals surface area contributed by atoms with Crippen molar-refractivity contribution in [2.24, 2.45) is 0 Å². The van der Waals surface area contributed by atoms with Gasteiger partial charge in [0.25, 0.3) is 0 Å². The van der Waals surface area contributed by atoms with Gasteiger partial charge in [0.1, 0.15) is 0 Å². The highest BCUT2D eigenvalue weighted by Crippen LogP contribution is 2.16. The molecule has 98 valence electrons. The van der Waals surface area contributed by atoms with Gasteiger partial charge in [0.05, 0.1) is 0 Å². The SMILES string of the molecule is CN(C)c1ccc(NC(=O)Nc2ccccc2)cc1. The zero-order valence-electron chi connectivity index (χ0n) is 11.1. The maximum Gasteiger partial charge on any atom is 0.323 e. The minimum atomic E-state index is -0.246. The molecule has 0 radical (unpaired) electrons. The van der Waals surface area contributed by atoms with Crippen molar-refractivity contribution in [3.63, 3.8) is 0 Å². The van der Waals surface area contributed by atoms with E-state index in [0.717, 1.165) is 17.1 Å². The number of hydrogen-bond acceptors (Lipinski definition) is 2. The Morgan fingerprint density at radius 3 is 1.89 bits per heavy atom. The lowest BCUT2D eigenvalue weighted by atomic mass is 10.2. The van der Waals surface area contributed by atoms with Crippen LogP contribution in [0, 0.1) is 0 Å². The second kappa shape index (κ2) is 5.91. The van der Waals surface area contributed by atoms with Crippen molar-refractivity contribution in [2.75, 3.05) is 29.6 Å². The molecule has 0 aliphatic rings. The summed E-state index contributed by atoms with van der Waals surface area (Å²) >= 11 is 0. The standard InChI is InChI=1S/C15H17N3O/c1-18(2)14-10-8-13(9-11-14)17-15(19)16-12-6-4-3-5-7-12/h3-11H,1-2H3,(H2,16,17,19). The first-order chi connectivity index (χ1) is 9.15. The Morgan fingerprint density at radius 1 is 0.842 bits per heavy atom. The second-order valence-electron chi connectivity index (χ2n) is 4.39. The van der Waals surface area contributed by atoms with Gasteiger partial charge in [-0.05, 0) is 36.4 Å². The van der Waals surface area contributed by atoms with E-state index in [4.69, 9.17) is 0 Å². The molecule has 0 heterocycles. The zero-order valence-corrected chi connectivity index (χ0v) is 11.1. The quantitative estimate of drug-likeness (QED) is 0.883. The Bertz CT molecular complexity index is 535. The molecule has 0 atom stereocenters. The van der Waals surface area contributed by atoms with Crippen molar-refractivity contribution < 1.29 is 4.79 Å². The Balaban J connectivity index is 1.95. The number of urea groups is 1. The minimum absolute atomic E-state index is 0.246. The summed E-state index contributed by atoms with van der Waals surface area (Å²) in [6.07, 6.45) is 0. The molecule has 2 amide bonds. The molecule has 2 aromatic rings. The van der Waals surface area contributed by atoms with E-state index in [9.17, 15) is 4.79 Å². The molecule has 0 bridgehead atoms. The molecule has 0 aliphatic heterocycles. The molecule has 2 aromatic carbocycles.